The zero-order chi connectivity index (χ0) is 36.2. The van der Waals surface area contributed by atoms with Gasteiger partial charge in [0, 0.05) is 39.7 Å². The molecule has 5 aromatic rings. The molecule has 4 heterocycles. The first kappa shape index (κ1) is 34.4. The molecule has 2 amide bonds. The van der Waals surface area contributed by atoms with Gasteiger partial charge < -0.3 is 21.0 Å². The van der Waals surface area contributed by atoms with Crippen LogP contribution in [-0.2, 0) is 24.8 Å². The van der Waals surface area contributed by atoms with Crippen LogP contribution < -0.4 is 11.1 Å². The lowest BCUT2D eigenvalue weighted by atomic mass is 9.80. The lowest BCUT2D eigenvalue weighted by Gasteiger charge is -2.49. The Morgan fingerprint density at radius 3 is 2.12 bits per heavy atom. The topological polar surface area (TPSA) is 160 Å². The molecule has 52 heavy (non-hydrogen) atoms. The number of rotatable bonds is 11. The number of carboxylic acids is 1. The van der Waals surface area contributed by atoms with Crippen LogP contribution in [0.4, 0.5) is 5.13 Å². The number of hydrogen-bond donors (Lipinski definition) is 3. The predicted octanol–water partition coefficient (Wildman–Crippen LogP) is 5.59. The molecule has 2 aliphatic rings. The Labute approximate surface area is 307 Å². The molecule has 2 aliphatic heterocycles. The first-order valence-corrected chi connectivity index (χ1v) is 18.2. The van der Waals surface area contributed by atoms with Crippen LogP contribution in [0.25, 0.3) is 6.08 Å². The van der Waals surface area contributed by atoms with Crippen LogP contribution in [0, 0.1) is 6.92 Å². The van der Waals surface area contributed by atoms with Crippen molar-refractivity contribution in [1.82, 2.24) is 20.2 Å². The summed E-state index contributed by atoms with van der Waals surface area (Å²) in [5.74, 6) is -2.22. The minimum atomic E-state index is -1.29. The minimum absolute atomic E-state index is 0.125. The van der Waals surface area contributed by atoms with Crippen molar-refractivity contribution in [1.29, 1.82) is 0 Å². The van der Waals surface area contributed by atoms with Crippen molar-refractivity contribution in [3.8, 4) is 0 Å². The van der Waals surface area contributed by atoms with Crippen LogP contribution in [0.5, 0.6) is 0 Å². The number of fused-ring (bicyclic) bond motifs is 1. The molecule has 0 saturated carbocycles. The maximum absolute atomic E-state index is 14.2. The van der Waals surface area contributed by atoms with Gasteiger partial charge in [0.1, 0.15) is 22.8 Å². The Morgan fingerprint density at radius 2 is 1.58 bits per heavy atom. The summed E-state index contributed by atoms with van der Waals surface area (Å²) in [5, 5.41) is 18.6. The number of nitrogens with one attached hydrogen (secondary N) is 1. The van der Waals surface area contributed by atoms with Crippen LogP contribution in [0.15, 0.2) is 137 Å². The molecule has 11 nitrogen and oxygen atoms in total. The average molecular weight is 729 g/mol. The molecular weight excluding hydrogens is 697 g/mol. The van der Waals surface area contributed by atoms with Gasteiger partial charge in [-0.15, -0.1) is 23.1 Å². The Morgan fingerprint density at radius 1 is 0.962 bits per heavy atom. The van der Waals surface area contributed by atoms with Gasteiger partial charge >= 0.3 is 5.97 Å². The van der Waals surface area contributed by atoms with Gasteiger partial charge in [0.25, 0.3) is 11.8 Å². The number of benzene rings is 3. The van der Waals surface area contributed by atoms with E-state index >= 15 is 0 Å². The average Bonchev–Trinajstić information content (AvgIpc) is 3.61. The molecular formula is C39H32N6O5S2. The number of β-lactam (4-membered cyclic amide) rings is 1. The molecule has 260 valence electrons. The SMILES string of the molecule is Cc1ncccc1/C=C\C1=C(C(=O)O)N2C(=O)[C@@H](NC(=O)C(=NOC(c3ccccc3)(c3ccccc3)c3ccccc3)c3csc(N)n3)[C@@H]2SC1. The van der Waals surface area contributed by atoms with E-state index in [-0.39, 0.29) is 22.2 Å². The summed E-state index contributed by atoms with van der Waals surface area (Å²) in [6.45, 7) is 1.86. The molecule has 2 aromatic heterocycles. The van der Waals surface area contributed by atoms with Gasteiger partial charge in [-0.1, -0.05) is 114 Å². The Balaban J connectivity index is 1.22. The van der Waals surface area contributed by atoms with E-state index in [0.717, 1.165) is 39.3 Å². The van der Waals surface area contributed by atoms with E-state index in [1.807, 2.05) is 104 Å². The molecule has 3 aromatic carbocycles. The second-order valence-corrected chi connectivity index (χ2v) is 13.9. The second-order valence-electron chi connectivity index (χ2n) is 11.9. The minimum Gasteiger partial charge on any atom is -0.477 e. The molecule has 0 radical (unpaired) electrons. The summed E-state index contributed by atoms with van der Waals surface area (Å²) in [6.07, 6.45) is 5.16. The standard InChI is InChI=1S/C39H32N6O5S2/c1-24-25(12-11-21-41-24)19-20-26-22-51-36-32(35(47)45(36)33(26)37(48)49)43-34(46)31(30-23-52-38(40)42-30)44-50-39(27-13-5-2-6-14-27,28-15-7-3-8-16-28)29-17-9-4-10-18-29/h2-21,23,32,36H,22H2,1H3,(H2,40,42)(H,43,46)(H,48,49)/b20-19-,44-31?/t32-,36+/m1/s1. The zero-order valence-electron chi connectivity index (χ0n) is 27.7. The van der Waals surface area contributed by atoms with Crippen LogP contribution in [0.1, 0.15) is 33.6 Å². The van der Waals surface area contributed by atoms with Gasteiger partial charge in [-0.05, 0) is 24.1 Å². The highest BCUT2D eigenvalue weighted by Crippen LogP contribution is 2.42. The molecule has 1 fully saturated rings. The van der Waals surface area contributed by atoms with Crippen molar-refractivity contribution >= 4 is 57.8 Å². The number of aromatic nitrogens is 2. The molecule has 13 heteroatoms. The van der Waals surface area contributed by atoms with Crippen LogP contribution in [0.3, 0.4) is 0 Å². The maximum Gasteiger partial charge on any atom is 0.352 e. The number of anilines is 1. The molecule has 4 N–H and O–H groups in total. The highest BCUT2D eigenvalue weighted by molar-refractivity contribution is 8.00. The number of aryl methyl sites for hydroxylation is 1. The van der Waals surface area contributed by atoms with Gasteiger partial charge in [0.05, 0.1) is 0 Å². The molecule has 0 unspecified atom stereocenters. The lowest BCUT2D eigenvalue weighted by molar-refractivity contribution is -0.150. The number of nitrogen functional groups attached to an aromatic ring is 1. The fourth-order valence-electron chi connectivity index (χ4n) is 6.24. The number of amides is 2. The van der Waals surface area contributed by atoms with Gasteiger partial charge in [0.15, 0.2) is 10.8 Å². The van der Waals surface area contributed by atoms with Crippen molar-refractivity contribution in [2.45, 2.75) is 23.9 Å². The normalized spacial score (nSPS) is 17.4. The third kappa shape index (κ3) is 6.47. The first-order valence-electron chi connectivity index (χ1n) is 16.2. The Hall–Kier alpha value is -6.05. The summed E-state index contributed by atoms with van der Waals surface area (Å²) >= 11 is 2.48. The summed E-state index contributed by atoms with van der Waals surface area (Å²) in [7, 11) is 0. The number of allylic oxidation sites excluding steroid dienone is 1. The van der Waals surface area contributed by atoms with Crippen molar-refractivity contribution in [3.05, 3.63) is 166 Å². The summed E-state index contributed by atoms with van der Waals surface area (Å²) in [4.78, 5) is 56.7. The van der Waals surface area contributed by atoms with E-state index < -0.39 is 34.8 Å². The van der Waals surface area contributed by atoms with Crippen LogP contribution in [0.2, 0.25) is 0 Å². The number of nitrogens with zero attached hydrogens (tertiary/aromatic N) is 4. The lowest BCUT2D eigenvalue weighted by Crippen LogP contribution is -2.71. The van der Waals surface area contributed by atoms with Gasteiger partial charge in [-0.2, -0.15) is 0 Å². The molecule has 7 rings (SSSR count). The largest absolute Gasteiger partial charge is 0.477 e. The van der Waals surface area contributed by atoms with Crippen molar-refractivity contribution in [2.75, 3.05) is 11.5 Å². The molecule has 1 saturated heterocycles. The van der Waals surface area contributed by atoms with E-state index in [1.54, 1.807) is 29.8 Å². The van der Waals surface area contributed by atoms with E-state index in [1.165, 1.54) is 16.7 Å². The van der Waals surface area contributed by atoms with E-state index in [2.05, 4.69) is 20.4 Å². The van der Waals surface area contributed by atoms with Gasteiger partial charge in [-0.25, -0.2) is 9.78 Å². The second kappa shape index (κ2) is 14.7. The maximum atomic E-state index is 14.2. The predicted molar refractivity (Wildman–Crippen MR) is 201 cm³/mol. The van der Waals surface area contributed by atoms with Crippen molar-refractivity contribution in [2.24, 2.45) is 5.16 Å². The number of hydrogen-bond acceptors (Lipinski definition) is 10. The Kier molecular flexibility index (Phi) is 9.70. The highest BCUT2D eigenvalue weighted by atomic mass is 32.2. The van der Waals surface area contributed by atoms with E-state index in [0.29, 0.717) is 11.3 Å². The van der Waals surface area contributed by atoms with Crippen LogP contribution in [-0.4, -0.2) is 60.6 Å². The number of nitrogens with two attached hydrogens (primary N) is 1. The van der Waals surface area contributed by atoms with Crippen LogP contribution >= 0.6 is 23.1 Å². The van der Waals surface area contributed by atoms with E-state index in [9.17, 15) is 19.5 Å². The number of pyridine rings is 1. The monoisotopic (exact) mass is 728 g/mol. The molecule has 2 atom stereocenters. The summed E-state index contributed by atoms with van der Waals surface area (Å²) < 4.78 is 0. The van der Waals surface area contributed by atoms with Crippen molar-refractivity contribution in [3.63, 3.8) is 0 Å². The third-order valence-electron chi connectivity index (χ3n) is 8.79. The number of oxime groups is 1. The van der Waals surface area contributed by atoms with E-state index in [4.69, 9.17) is 10.6 Å². The molecule has 0 spiro atoms. The quantitative estimate of drug-likeness (QED) is 0.0682. The number of aliphatic carboxylic acids is 1. The summed E-state index contributed by atoms with van der Waals surface area (Å²) in [5.41, 5.74) is 8.91. The first-order chi connectivity index (χ1) is 25.3. The third-order valence-corrected chi connectivity index (χ3v) is 10.8. The fourth-order valence-corrected chi connectivity index (χ4v) is 8.10. The smallest absolute Gasteiger partial charge is 0.352 e. The number of carbonyl (C=O) groups is 3. The summed E-state index contributed by atoms with van der Waals surface area (Å²) in [6, 6.07) is 31.3. The van der Waals surface area contributed by atoms with Crippen molar-refractivity contribution < 1.29 is 24.3 Å². The molecule has 0 aliphatic carbocycles. The number of carboxylic acid groups (broad SMARTS) is 1. The van der Waals surface area contributed by atoms with Gasteiger partial charge in [0.2, 0.25) is 5.60 Å². The molecule has 0 bridgehead atoms. The number of carbonyl (C=O) groups excluding carboxylic acids is 2. The highest BCUT2D eigenvalue weighted by Gasteiger charge is 2.54. The zero-order valence-corrected chi connectivity index (χ0v) is 29.4. The fraction of sp³-hybridized carbons (Fsp3) is 0.128. The number of thioether (sulfide) groups is 1. The Bertz CT molecular complexity index is 2130. The number of thiazole rings is 1. The van der Waals surface area contributed by atoms with Gasteiger partial charge in [-0.3, -0.25) is 19.5 Å².